The first kappa shape index (κ1) is 18.9. The van der Waals surface area contributed by atoms with E-state index in [-0.39, 0.29) is 12.5 Å². The maximum Gasteiger partial charge on any atom is 0.253 e. The van der Waals surface area contributed by atoms with Crippen molar-refractivity contribution in [2.45, 2.75) is 13.0 Å². The molecule has 0 radical (unpaired) electrons. The largest absolute Gasteiger partial charge is 0.367 e. The fourth-order valence-corrected chi connectivity index (χ4v) is 3.56. The lowest BCUT2D eigenvalue weighted by molar-refractivity contribution is -0.123. The maximum absolute atomic E-state index is 12.7. The summed E-state index contributed by atoms with van der Waals surface area (Å²) in [7, 11) is 0. The molecule has 3 aromatic rings. The lowest BCUT2D eigenvalue weighted by atomic mass is 9.99. The van der Waals surface area contributed by atoms with Gasteiger partial charge in [-0.15, -0.1) is 0 Å². The normalized spacial score (nSPS) is 13.7. The molecule has 0 unspecified atom stereocenters. The van der Waals surface area contributed by atoms with Crippen molar-refractivity contribution >= 4 is 17.5 Å². The predicted octanol–water partition coefficient (Wildman–Crippen LogP) is 3.56. The summed E-state index contributed by atoms with van der Waals surface area (Å²) < 4.78 is 5.56. The number of hydrogen-bond donors (Lipinski definition) is 1. The molecule has 0 aromatic heterocycles. The molecule has 0 bridgehead atoms. The van der Waals surface area contributed by atoms with Gasteiger partial charge in [0.2, 0.25) is 5.91 Å². The Bertz CT molecular complexity index is 1050. The number of benzene rings is 3. The van der Waals surface area contributed by atoms with E-state index >= 15 is 0 Å². The summed E-state index contributed by atoms with van der Waals surface area (Å²) in [6.45, 7) is 1.03. The highest BCUT2D eigenvalue weighted by molar-refractivity contribution is 5.97. The minimum Gasteiger partial charge on any atom is -0.367 e. The second kappa shape index (κ2) is 8.29. The number of nitrogens with zero attached hydrogens (tertiary/aromatic N) is 1. The first-order chi connectivity index (χ1) is 14.1. The van der Waals surface area contributed by atoms with Crippen LogP contribution in [0.3, 0.4) is 0 Å². The van der Waals surface area contributed by atoms with Gasteiger partial charge >= 0.3 is 0 Å². The first-order valence-electron chi connectivity index (χ1n) is 9.57. The van der Waals surface area contributed by atoms with E-state index < -0.39 is 5.91 Å². The summed E-state index contributed by atoms with van der Waals surface area (Å²) in [6.07, 6.45) is 0.757. The molecule has 5 heteroatoms. The summed E-state index contributed by atoms with van der Waals surface area (Å²) in [6, 6.07) is 23.3. The molecule has 2 amide bonds. The Kier molecular flexibility index (Phi) is 5.40. The highest BCUT2D eigenvalue weighted by atomic mass is 16.5. The van der Waals surface area contributed by atoms with E-state index in [4.69, 9.17) is 10.5 Å². The quantitative estimate of drug-likeness (QED) is 0.729. The number of anilines is 1. The molecule has 5 nitrogen and oxygen atoms in total. The molecule has 0 spiro atoms. The third-order valence-electron chi connectivity index (χ3n) is 5.11. The Balaban J connectivity index is 1.68. The van der Waals surface area contributed by atoms with Crippen molar-refractivity contribution in [1.82, 2.24) is 0 Å². The molecule has 1 aliphatic rings. The van der Waals surface area contributed by atoms with Gasteiger partial charge in [0, 0.05) is 23.4 Å². The van der Waals surface area contributed by atoms with Crippen LogP contribution in [0.15, 0.2) is 72.8 Å². The molecular weight excluding hydrogens is 364 g/mol. The maximum atomic E-state index is 12.7. The zero-order valence-corrected chi connectivity index (χ0v) is 16.0. The summed E-state index contributed by atoms with van der Waals surface area (Å²) in [5.41, 5.74) is 10.7. The van der Waals surface area contributed by atoms with Gasteiger partial charge in [-0.05, 0) is 41.3 Å². The van der Waals surface area contributed by atoms with Gasteiger partial charge in [0.05, 0.1) is 6.61 Å². The lowest BCUT2D eigenvalue weighted by Gasteiger charge is -2.23. The van der Waals surface area contributed by atoms with Crippen molar-refractivity contribution in [3.63, 3.8) is 0 Å². The van der Waals surface area contributed by atoms with E-state index in [0.29, 0.717) is 18.7 Å². The highest BCUT2D eigenvalue weighted by Crippen LogP contribution is 2.31. The average Bonchev–Trinajstić information content (AvgIpc) is 2.90. The van der Waals surface area contributed by atoms with E-state index in [9.17, 15) is 9.59 Å². The van der Waals surface area contributed by atoms with Crippen LogP contribution >= 0.6 is 0 Å². The second-order valence-corrected chi connectivity index (χ2v) is 7.06. The Morgan fingerprint density at radius 1 is 0.931 bits per heavy atom. The number of hydrogen-bond acceptors (Lipinski definition) is 3. The Hall–Kier alpha value is -3.44. The molecule has 146 valence electrons. The van der Waals surface area contributed by atoms with Crippen LogP contribution in [0.2, 0.25) is 0 Å². The predicted molar refractivity (Wildman–Crippen MR) is 113 cm³/mol. The summed E-state index contributed by atoms with van der Waals surface area (Å²) in [5, 5.41) is 0. The van der Waals surface area contributed by atoms with Crippen LogP contribution in [0.25, 0.3) is 11.1 Å². The second-order valence-electron chi connectivity index (χ2n) is 7.06. The minimum atomic E-state index is -0.463. The van der Waals surface area contributed by atoms with E-state index in [1.165, 1.54) is 5.56 Å². The van der Waals surface area contributed by atoms with Gasteiger partial charge in [-0.25, -0.2) is 0 Å². The number of amides is 2. The van der Waals surface area contributed by atoms with Gasteiger partial charge in [0.25, 0.3) is 5.91 Å². The molecule has 0 aliphatic carbocycles. The van der Waals surface area contributed by atoms with Crippen molar-refractivity contribution in [1.29, 1.82) is 0 Å². The SMILES string of the molecule is NC(=O)c1cccc(-c2ccc3c(c2)N(CCc2ccccc2)C(=O)COC3)c1. The summed E-state index contributed by atoms with van der Waals surface area (Å²) in [4.78, 5) is 26.1. The summed E-state index contributed by atoms with van der Waals surface area (Å²) >= 11 is 0. The van der Waals surface area contributed by atoms with Crippen LogP contribution < -0.4 is 10.6 Å². The Labute approximate surface area is 169 Å². The van der Waals surface area contributed by atoms with Crippen LogP contribution in [0, 0.1) is 0 Å². The molecule has 0 saturated carbocycles. The van der Waals surface area contributed by atoms with Crippen LogP contribution in [-0.4, -0.2) is 25.0 Å². The molecule has 0 atom stereocenters. The smallest absolute Gasteiger partial charge is 0.253 e. The van der Waals surface area contributed by atoms with Gasteiger partial charge in [0.1, 0.15) is 6.61 Å². The molecule has 0 saturated heterocycles. The number of primary amides is 1. The molecule has 2 N–H and O–H groups in total. The van der Waals surface area contributed by atoms with Crippen LogP contribution in [0.4, 0.5) is 5.69 Å². The third kappa shape index (κ3) is 4.20. The first-order valence-corrected chi connectivity index (χ1v) is 9.57. The van der Waals surface area contributed by atoms with Crippen LogP contribution in [0.1, 0.15) is 21.5 Å². The van der Waals surface area contributed by atoms with Gasteiger partial charge in [0.15, 0.2) is 0 Å². The Morgan fingerprint density at radius 3 is 2.52 bits per heavy atom. The molecular formula is C24H22N2O3. The van der Waals surface area contributed by atoms with Crippen molar-refractivity contribution in [2.75, 3.05) is 18.1 Å². The van der Waals surface area contributed by atoms with Gasteiger partial charge < -0.3 is 15.4 Å². The van der Waals surface area contributed by atoms with Crippen molar-refractivity contribution in [3.8, 4) is 11.1 Å². The number of carbonyl (C=O) groups excluding carboxylic acids is 2. The van der Waals surface area contributed by atoms with Crippen LogP contribution in [0.5, 0.6) is 0 Å². The molecule has 1 aliphatic heterocycles. The lowest BCUT2D eigenvalue weighted by Crippen LogP contribution is -2.34. The van der Waals surface area contributed by atoms with E-state index in [2.05, 4.69) is 12.1 Å². The topological polar surface area (TPSA) is 72.6 Å². The van der Waals surface area contributed by atoms with Crippen molar-refractivity contribution in [2.24, 2.45) is 5.73 Å². The molecule has 3 aromatic carbocycles. The standard InChI is InChI=1S/C24H22N2O3/c25-24(28)20-8-4-7-18(13-20)19-9-10-21-15-29-16-23(27)26(22(21)14-19)12-11-17-5-2-1-3-6-17/h1-10,13-14H,11-12,15-16H2,(H2,25,28). The average molecular weight is 386 g/mol. The molecule has 4 rings (SSSR count). The fourth-order valence-electron chi connectivity index (χ4n) is 3.56. The number of carbonyl (C=O) groups is 2. The van der Waals surface area contributed by atoms with Crippen molar-refractivity contribution in [3.05, 3.63) is 89.5 Å². The molecule has 0 fully saturated rings. The number of ether oxygens (including phenoxy) is 1. The van der Waals surface area contributed by atoms with Crippen molar-refractivity contribution < 1.29 is 14.3 Å². The van der Waals surface area contributed by atoms with Gasteiger partial charge in [-0.1, -0.05) is 54.6 Å². The number of rotatable bonds is 5. The zero-order chi connectivity index (χ0) is 20.2. The zero-order valence-electron chi connectivity index (χ0n) is 16.0. The minimum absolute atomic E-state index is 0.0530. The monoisotopic (exact) mass is 386 g/mol. The molecule has 29 heavy (non-hydrogen) atoms. The van der Waals surface area contributed by atoms with E-state index in [0.717, 1.165) is 28.8 Å². The number of nitrogens with two attached hydrogens (primary N) is 1. The highest BCUT2D eigenvalue weighted by Gasteiger charge is 2.23. The van der Waals surface area contributed by atoms with Gasteiger partial charge in [-0.3, -0.25) is 9.59 Å². The van der Waals surface area contributed by atoms with E-state index in [1.54, 1.807) is 17.0 Å². The number of fused-ring (bicyclic) bond motifs is 1. The fraction of sp³-hybridized carbons (Fsp3) is 0.167. The van der Waals surface area contributed by atoms with E-state index in [1.807, 2.05) is 48.5 Å². The van der Waals surface area contributed by atoms with Crippen LogP contribution in [-0.2, 0) is 22.6 Å². The Morgan fingerprint density at radius 2 is 1.72 bits per heavy atom. The van der Waals surface area contributed by atoms with Gasteiger partial charge in [-0.2, -0.15) is 0 Å². The third-order valence-corrected chi connectivity index (χ3v) is 5.11. The molecule has 1 heterocycles. The summed E-state index contributed by atoms with van der Waals surface area (Å²) in [5.74, 6) is -0.516.